The van der Waals surface area contributed by atoms with Crippen LogP contribution in [0.2, 0.25) is 0 Å². The summed E-state index contributed by atoms with van der Waals surface area (Å²) in [7, 11) is 0. The number of para-hydroxylation sites is 1. The summed E-state index contributed by atoms with van der Waals surface area (Å²) in [6.07, 6.45) is 7.38. The predicted octanol–water partition coefficient (Wildman–Crippen LogP) is 8.64. The molecular formula is C28H23Br2I2N3O2. The quantitative estimate of drug-likeness (QED) is 0.144. The second kappa shape index (κ2) is 12.3. The lowest BCUT2D eigenvalue weighted by molar-refractivity contribution is 0.301. The summed E-state index contributed by atoms with van der Waals surface area (Å²) in [6, 6.07) is 17.6. The van der Waals surface area contributed by atoms with Gasteiger partial charge in [0.05, 0.1) is 24.3 Å². The van der Waals surface area contributed by atoms with Gasteiger partial charge in [0.25, 0.3) is 5.56 Å². The Labute approximate surface area is 259 Å². The van der Waals surface area contributed by atoms with Crippen LogP contribution in [0, 0.1) is 7.14 Å². The van der Waals surface area contributed by atoms with Gasteiger partial charge in [-0.25, -0.2) is 4.98 Å². The Morgan fingerprint density at radius 1 is 1.03 bits per heavy atom. The number of halogens is 4. The molecule has 1 saturated carbocycles. The molecule has 0 spiro atoms. The smallest absolute Gasteiger partial charge is 0.282 e. The molecule has 1 aliphatic rings. The molecule has 1 aliphatic carbocycles. The average molecular weight is 847 g/mol. The maximum Gasteiger partial charge on any atom is 0.282 e. The van der Waals surface area contributed by atoms with E-state index in [1.165, 1.54) is 11.1 Å². The first-order valence-electron chi connectivity index (χ1n) is 12.0. The third-order valence-corrected chi connectivity index (χ3v) is 9.31. The van der Waals surface area contributed by atoms with Crippen molar-refractivity contribution >= 4 is 94.2 Å². The molecule has 37 heavy (non-hydrogen) atoms. The van der Waals surface area contributed by atoms with Gasteiger partial charge < -0.3 is 4.74 Å². The van der Waals surface area contributed by atoms with Gasteiger partial charge >= 0.3 is 0 Å². The zero-order chi connectivity index (χ0) is 25.9. The van der Waals surface area contributed by atoms with Crippen molar-refractivity contribution < 1.29 is 4.74 Å². The highest BCUT2D eigenvalue weighted by Crippen LogP contribution is 2.33. The monoisotopic (exact) mass is 845 g/mol. The van der Waals surface area contributed by atoms with E-state index in [1.54, 1.807) is 6.21 Å². The molecule has 5 nitrogen and oxygen atoms in total. The molecular weight excluding hydrogens is 824 g/mol. The summed E-state index contributed by atoms with van der Waals surface area (Å²) in [5, 5.41) is 5.27. The van der Waals surface area contributed by atoms with E-state index >= 15 is 0 Å². The standard InChI is InChI=1S/C28H23Br2I2N3O2/c29-20-11-10-19(22(30)14-20)16-37-26-23(31)12-17(13-24(26)32)15-33-35-27(18-6-2-1-3-7-18)34-25-9-5-4-8-21(25)28(35)36/h4-5,8-15,18H,1-3,6-7,16H2. The van der Waals surface area contributed by atoms with E-state index in [1.807, 2.05) is 54.6 Å². The molecule has 0 amide bonds. The maximum atomic E-state index is 13.4. The van der Waals surface area contributed by atoms with Crippen molar-refractivity contribution in [2.75, 3.05) is 0 Å². The summed E-state index contributed by atoms with van der Waals surface area (Å²) in [5.74, 6) is 1.85. The minimum Gasteiger partial charge on any atom is -0.487 e. The third-order valence-electron chi connectivity index (χ3n) is 6.48. The first-order chi connectivity index (χ1) is 17.9. The van der Waals surface area contributed by atoms with Crippen molar-refractivity contribution in [3.63, 3.8) is 0 Å². The van der Waals surface area contributed by atoms with Crippen LogP contribution in [0.1, 0.15) is 55.0 Å². The summed E-state index contributed by atoms with van der Waals surface area (Å²) >= 11 is 11.7. The van der Waals surface area contributed by atoms with Crippen LogP contribution in [0.25, 0.3) is 10.9 Å². The molecule has 1 aromatic heterocycles. The molecule has 0 radical (unpaired) electrons. The second-order valence-corrected chi connectivity index (χ2v) is 13.1. The highest BCUT2D eigenvalue weighted by molar-refractivity contribution is 14.1. The zero-order valence-corrected chi connectivity index (χ0v) is 27.3. The van der Waals surface area contributed by atoms with Crippen LogP contribution in [-0.4, -0.2) is 15.9 Å². The largest absolute Gasteiger partial charge is 0.487 e. The Morgan fingerprint density at radius 3 is 2.49 bits per heavy atom. The van der Waals surface area contributed by atoms with Gasteiger partial charge in [-0.2, -0.15) is 9.78 Å². The Balaban J connectivity index is 1.45. The van der Waals surface area contributed by atoms with Gasteiger partial charge in [-0.05, 0) is 100.0 Å². The first-order valence-corrected chi connectivity index (χ1v) is 15.8. The number of hydrogen-bond acceptors (Lipinski definition) is 4. The van der Waals surface area contributed by atoms with Gasteiger partial charge in [-0.3, -0.25) is 4.79 Å². The van der Waals surface area contributed by atoms with Crippen LogP contribution in [0.5, 0.6) is 5.75 Å². The van der Waals surface area contributed by atoms with E-state index in [0.717, 1.165) is 70.0 Å². The van der Waals surface area contributed by atoms with Crippen molar-refractivity contribution in [3.8, 4) is 5.75 Å². The fourth-order valence-electron chi connectivity index (χ4n) is 4.58. The van der Waals surface area contributed by atoms with Gasteiger partial charge in [0.1, 0.15) is 18.2 Å². The van der Waals surface area contributed by atoms with Gasteiger partial charge in [0, 0.05) is 20.4 Å². The molecule has 1 fully saturated rings. The Kier molecular flexibility index (Phi) is 9.03. The van der Waals surface area contributed by atoms with E-state index in [-0.39, 0.29) is 11.5 Å². The summed E-state index contributed by atoms with van der Waals surface area (Å²) in [6.45, 7) is 0.455. The zero-order valence-electron chi connectivity index (χ0n) is 19.8. The number of rotatable bonds is 6. The van der Waals surface area contributed by atoms with Crippen LogP contribution in [0.15, 0.2) is 73.4 Å². The number of aromatic nitrogens is 2. The molecule has 0 N–H and O–H groups in total. The van der Waals surface area contributed by atoms with Crippen molar-refractivity contribution in [2.24, 2.45) is 5.10 Å². The number of nitrogens with zero attached hydrogens (tertiary/aromatic N) is 3. The molecule has 5 rings (SSSR count). The number of fused-ring (bicyclic) bond motifs is 1. The van der Waals surface area contributed by atoms with E-state index < -0.39 is 0 Å². The highest BCUT2D eigenvalue weighted by Gasteiger charge is 2.22. The van der Waals surface area contributed by atoms with Gasteiger partial charge in [-0.15, -0.1) is 0 Å². The Morgan fingerprint density at radius 2 is 1.76 bits per heavy atom. The highest BCUT2D eigenvalue weighted by atomic mass is 127. The molecule has 9 heteroatoms. The molecule has 0 unspecified atom stereocenters. The van der Waals surface area contributed by atoms with Crippen LogP contribution < -0.4 is 10.3 Å². The van der Waals surface area contributed by atoms with Crippen molar-refractivity contribution in [1.29, 1.82) is 0 Å². The Bertz CT molecular complexity index is 1530. The lowest BCUT2D eigenvalue weighted by atomic mass is 9.88. The predicted molar refractivity (Wildman–Crippen MR) is 173 cm³/mol. The van der Waals surface area contributed by atoms with Crippen LogP contribution in [-0.2, 0) is 6.61 Å². The van der Waals surface area contributed by atoms with Gasteiger partial charge in [0.15, 0.2) is 0 Å². The average Bonchev–Trinajstić information content (AvgIpc) is 2.89. The van der Waals surface area contributed by atoms with Crippen molar-refractivity contribution in [3.05, 3.63) is 98.0 Å². The maximum absolute atomic E-state index is 13.4. The molecule has 0 aliphatic heterocycles. The number of hydrogen-bond donors (Lipinski definition) is 0. The molecule has 0 atom stereocenters. The number of ether oxygens (including phenoxy) is 1. The summed E-state index contributed by atoms with van der Waals surface area (Å²) in [4.78, 5) is 18.4. The molecule has 0 saturated heterocycles. The summed E-state index contributed by atoms with van der Waals surface area (Å²) < 4.78 is 11.7. The Hall–Kier alpha value is -1.31. The van der Waals surface area contributed by atoms with E-state index in [9.17, 15) is 4.79 Å². The lowest BCUT2D eigenvalue weighted by Gasteiger charge is -2.22. The normalized spacial score (nSPS) is 14.5. The molecule has 0 bridgehead atoms. The number of benzene rings is 3. The first kappa shape index (κ1) is 27.3. The van der Waals surface area contributed by atoms with Crippen LogP contribution in [0.4, 0.5) is 0 Å². The van der Waals surface area contributed by atoms with Gasteiger partial charge in [0.2, 0.25) is 0 Å². The molecule has 3 aromatic carbocycles. The minimum atomic E-state index is -0.119. The lowest BCUT2D eigenvalue weighted by Crippen LogP contribution is -2.25. The van der Waals surface area contributed by atoms with Gasteiger partial charge in [-0.1, -0.05) is 69.3 Å². The second-order valence-electron chi connectivity index (χ2n) is 9.02. The third kappa shape index (κ3) is 6.30. The minimum absolute atomic E-state index is 0.119. The van der Waals surface area contributed by atoms with E-state index in [2.05, 4.69) is 82.1 Å². The molecule has 1 heterocycles. The topological polar surface area (TPSA) is 56.5 Å². The SMILES string of the molecule is O=c1c2ccccc2nc(C2CCCCC2)n1N=Cc1cc(I)c(OCc2ccc(Br)cc2Br)c(I)c1. The van der Waals surface area contributed by atoms with Crippen LogP contribution >= 0.6 is 77.0 Å². The van der Waals surface area contributed by atoms with Crippen molar-refractivity contribution in [2.45, 2.75) is 44.6 Å². The fraction of sp³-hybridized carbons (Fsp3) is 0.250. The molecule has 4 aromatic rings. The molecule has 190 valence electrons. The van der Waals surface area contributed by atoms with E-state index in [4.69, 9.17) is 9.72 Å². The fourth-order valence-corrected chi connectivity index (χ4v) is 7.87. The summed E-state index contributed by atoms with van der Waals surface area (Å²) in [5.41, 5.74) is 2.59. The van der Waals surface area contributed by atoms with E-state index in [0.29, 0.717) is 12.0 Å². The van der Waals surface area contributed by atoms with Crippen LogP contribution in [0.3, 0.4) is 0 Å². The van der Waals surface area contributed by atoms with Crippen molar-refractivity contribution in [1.82, 2.24) is 9.66 Å².